The number of carbonyl (C=O) groups excluding carboxylic acids is 2. The number of hydrogen-bond acceptors (Lipinski definition) is 4. The third kappa shape index (κ3) is 5.93. The van der Waals surface area contributed by atoms with Crippen LogP contribution in [0.3, 0.4) is 0 Å². The molecule has 172 valence electrons. The van der Waals surface area contributed by atoms with Crippen molar-refractivity contribution in [3.8, 4) is 0 Å². The van der Waals surface area contributed by atoms with E-state index >= 15 is 0 Å². The van der Waals surface area contributed by atoms with Crippen molar-refractivity contribution < 1.29 is 18.0 Å². The van der Waals surface area contributed by atoms with E-state index in [1.165, 1.54) is 18.4 Å². The summed E-state index contributed by atoms with van der Waals surface area (Å²) in [6.07, 6.45) is 1.91. The molecule has 0 aromatic heterocycles. The number of piperidine rings is 1. The number of amides is 2. The molecule has 0 bridgehead atoms. The zero-order chi connectivity index (χ0) is 23.1. The lowest BCUT2D eigenvalue weighted by molar-refractivity contribution is -0.120. The minimum absolute atomic E-state index is 0.123. The predicted molar refractivity (Wildman–Crippen MR) is 124 cm³/mol. The van der Waals surface area contributed by atoms with Gasteiger partial charge < -0.3 is 10.6 Å². The van der Waals surface area contributed by atoms with Crippen molar-refractivity contribution in [2.75, 3.05) is 39.0 Å². The SMILES string of the molecule is CN(C)S(=O)(=O)N1CCC[C@@H](C(=O)Nc2ccccc2C(=O)NCCc2ccccc2)C1. The van der Waals surface area contributed by atoms with Gasteiger partial charge >= 0.3 is 0 Å². The molecule has 1 fully saturated rings. The van der Waals surface area contributed by atoms with E-state index in [4.69, 9.17) is 0 Å². The first-order chi connectivity index (χ1) is 15.3. The molecule has 3 rings (SSSR count). The maximum Gasteiger partial charge on any atom is 0.281 e. The van der Waals surface area contributed by atoms with Crippen LogP contribution in [0.2, 0.25) is 0 Å². The van der Waals surface area contributed by atoms with Crippen LogP contribution in [-0.4, -0.2) is 62.6 Å². The summed E-state index contributed by atoms with van der Waals surface area (Å²) in [7, 11) is -0.616. The first-order valence-electron chi connectivity index (χ1n) is 10.7. The highest BCUT2D eigenvalue weighted by Gasteiger charge is 2.33. The molecule has 2 amide bonds. The lowest BCUT2D eigenvalue weighted by atomic mass is 9.98. The van der Waals surface area contributed by atoms with E-state index in [9.17, 15) is 18.0 Å². The summed E-state index contributed by atoms with van der Waals surface area (Å²) < 4.78 is 27.3. The maximum atomic E-state index is 12.9. The van der Waals surface area contributed by atoms with Gasteiger partial charge in [0.2, 0.25) is 5.91 Å². The summed E-state index contributed by atoms with van der Waals surface area (Å²) in [6, 6.07) is 16.7. The Labute approximate surface area is 189 Å². The third-order valence-electron chi connectivity index (χ3n) is 5.51. The zero-order valence-corrected chi connectivity index (χ0v) is 19.3. The number of carbonyl (C=O) groups is 2. The van der Waals surface area contributed by atoms with E-state index in [-0.39, 0.29) is 18.4 Å². The first-order valence-corrected chi connectivity index (χ1v) is 12.1. The molecule has 1 aliphatic rings. The van der Waals surface area contributed by atoms with Crippen molar-refractivity contribution in [1.82, 2.24) is 13.9 Å². The standard InChI is InChI=1S/C23H30N4O4S/c1-26(2)32(30,31)27-16-8-11-19(17-27)22(28)25-21-13-7-6-12-20(21)23(29)24-15-14-18-9-4-3-5-10-18/h3-7,9-10,12-13,19H,8,11,14-17H2,1-2H3,(H,24,29)(H,25,28)/t19-/m1/s1. The van der Waals surface area contributed by atoms with Gasteiger partial charge in [-0.15, -0.1) is 0 Å². The second-order valence-electron chi connectivity index (χ2n) is 8.01. The fourth-order valence-electron chi connectivity index (χ4n) is 3.68. The van der Waals surface area contributed by atoms with Gasteiger partial charge in [0.15, 0.2) is 0 Å². The summed E-state index contributed by atoms with van der Waals surface area (Å²) >= 11 is 0. The summed E-state index contributed by atoms with van der Waals surface area (Å²) in [5.74, 6) is -1.03. The van der Waals surface area contributed by atoms with Crippen LogP contribution in [0.15, 0.2) is 54.6 Å². The van der Waals surface area contributed by atoms with Crippen LogP contribution in [-0.2, 0) is 21.4 Å². The number of hydrogen-bond donors (Lipinski definition) is 2. The molecule has 0 spiro atoms. The van der Waals surface area contributed by atoms with E-state index in [0.717, 1.165) is 9.87 Å². The van der Waals surface area contributed by atoms with E-state index < -0.39 is 16.1 Å². The molecular weight excluding hydrogens is 428 g/mol. The zero-order valence-electron chi connectivity index (χ0n) is 18.5. The van der Waals surface area contributed by atoms with E-state index in [1.54, 1.807) is 24.3 Å². The summed E-state index contributed by atoms with van der Waals surface area (Å²) in [6.45, 7) is 0.994. The van der Waals surface area contributed by atoms with Crippen LogP contribution in [0, 0.1) is 5.92 Å². The van der Waals surface area contributed by atoms with Crippen LogP contribution in [0.5, 0.6) is 0 Å². The molecule has 2 aromatic carbocycles. The molecule has 1 saturated heterocycles. The maximum absolute atomic E-state index is 12.9. The van der Waals surface area contributed by atoms with Crippen molar-refractivity contribution >= 4 is 27.7 Å². The summed E-state index contributed by atoms with van der Waals surface area (Å²) in [5.41, 5.74) is 1.92. The number of nitrogens with one attached hydrogen (secondary N) is 2. The molecule has 1 atom stereocenters. The van der Waals surface area contributed by atoms with E-state index in [1.807, 2.05) is 30.3 Å². The molecule has 1 heterocycles. The largest absolute Gasteiger partial charge is 0.352 e. The van der Waals surface area contributed by atoms with E-state index in [0.29, 0.717) is 43.6 Å². The fourth-order valence-corrected chi connectivity index (χ4v) is 4.87. The highest BCUT2D eigenvalue weighted by molar-refractivity contribution is 7.86. The highest BCUT2D eigenvalue weighted by Crippen LogP contribution is 2.23. The smallest absolute Gasteiger partial charge is 0.281 e. The highest BCUT2D eigenvalue weighted by atomic mass is 32.2. The van der Waals surface area contributed by atoms with Gasteiger partial charge in [-0.2, -0.15) is 17.0 Å². The number of benzene rings is 2. The number of nitrogens with zero attached hydrogens (tertiary/aromatic N) is 2. The quantitative estimate of drug-likeness (QED) is 0.633. The van der Waals surface area contributed by atoms with Crippen molar-refractivity contribution in [2.24, 2.45) is 5.92 Å². The van der Waals surface area contributed by atoms with Gasteiger partial charge in [-0.1, -0.05) is 42.5 Å². The minimum atomic E-state index is -3.57. The Hall–Kier alpha value is -2.75. The van der Waals surface area contributed by atoms with Crippen molar-refractivity contribution in [2.45, 2.75) is 19.3 Å². The molecule has 32 heavy (non-hydrogen) atoms. The second kappa shape index (κ2) is 10.7. The lowest BCUT2D eigenvalue weighted by Crippen LogP contribution is -2.47. The van der Waals surface area contributed by atoms with Gasteiger partial charge in [-0.05, 0) is 37.0 Å². The number of anilines is 1. The molecule has 2 N–H and O–H groups in total. The Morgan fingerprint density at radius 3 is 2.47 bits per heavy atom. The van der Waals surface area contributed by atoms with Gasteiger partial charge in [0.1, 0.15) is 0 Å². The molecule has 0 unspecified atom stereocenters. The lowest BCUT2D eigenvalue weighted by Gasteiger charge is -2.32. The van der Waals surface area contributed by atoms with E-state index in [2.05, 4.69) is 10.6 Å². The monoisotopic (exact) mass is 458 g/mol. The van der Waals surface area contributed by atoms with Crippen LogP contribution < -0.4 is 10.6 Å². The topological polar surface area (TPSA) is 98.8 Å². The van der Waals surface area contributed by atoms with Crippen LogP contribution in [0.1, 0.15) is 28.8 Å². The van der Waals surface area contributed by atoms with Crippen LogP contribution >= 0.6 is 0 Å². The number of rotatable bonds is 8. The van der Waals surface area contributed by atoms with Gasteiger partial charge in [-0.3, -0.25) is 9.59 Å². The Kier molecular flexibility index (Phi) is 8.00. The molecule has 1 aliphatic heterocycles. The van der Waals surface area contributed by atoms with Gasteiger partial charge in [0.05, 0.1) is 17.2 Å². The number of para-hydroxylation sites is 1. The predicted octanol–water partition coefficient (Wildman–Crippen LogP) is 2.12. The molecule has 0 aliphatic carbocycles. The Balaban J connectivity index is 1.62. The van der Waals surface area contributed by atoms with Crippen molar-refractivity contribution in [1.29, 1.82) is 0 Å². The van der Waals surface area contributed by atoms with Crippen LogP contribution in [0.4, 0.5) is 5.69 Å². The minimum Gasteiger partial charge on any atom is -0.352 e. The van der Waals surface area contributed by atoms with Crippen molar-refractivity contribution in [3.63, 3.8) is 0 Å². The van der Waals surface area contributed by atoms with Gasteiger partial charge in [-0.25, -0.2) is 0 Å². The molecular formula is C23H30N4O4S. The van der Waals surface area contributed by atoms with Gasteiger partial charge in [0.25, 0.3) is 16.1 Å². The molecule has 8 nitrogen and oxygen atoms in total. The Morgan fingerprint density at radius 1 is 1.06 bits per heavy atom. The van der Waals surface area contributed by atoms with Gasteiger partial charge in [0, 0.05) is 33.7 Å². The van der Waals surface area contributed by atoms with Crippen molar-refractivity contribution in [3.05, 3.63) is 65.7 Å². The Morgan fingerprint density at radius 2 is 1.75 bits per heavy atom. The molecule has 0 saturated carbocycles. The van der Waals surface area contributed by atoms with Crippen LogP contribution in [0.25, 0.3) is 0 Å². The molecule has 2 aromatic rings. The summed E-state index contributed by atoms with van der Waals surface area (Å²) in [5, 5.41) is 5.73. The third-order valence-corrected chi connectivity index (χ3v) is 7.42. The first kappa shape index (κ1) is 23.9. The summed E-state index contributed by atoms with van der Waals surface area (Å²) in [4.78, 5) is 25.6. The average Bonchev–Trinajstić information content (AvgIpc) is 2.80. The Bertz CT molecular complexity index is 1040. The molecule has 9 heteroatoms. The fraction of sp³-hybridized carbons (Fsp3) is 0.391. The normalized spacial score (nSPS) is 17.2. The second-order valence-corrected chi connectivity index (χ2v) is 10.2. The molecule has 0 radical (unpaired) electrons. The average molecular weight is 459 g/mol.